The molecule has 0 atom stereocenters. The summed E-state index contributed by atoms with van der Waals surface area (Å²) in [5.74, 6) is 1.56. The smallest absolute Gasteiger partial charge is 0.317 e. The molecule has 2 aliphatic rings. The quantitative estimate of drug-likeness (QED) is 0.761. The third-order valence-corrected chi connectivity index (χ3v) is 3.80. The van der Waals surface area contributed by atoms with E-state index in [1.165, 1.54) is 19.3 Å². The zero-order valence-electron chi connectivity index (χ0n) is 9.83. The SMILES string of the molecule is CC1CC(NC(=O)N(C)CC2CCC2)C1. The summed E-state index contributed by atoms with van der Waals surface area (Å²) >= 11 is 0. The van der Waals surface area contributed by atoms with E-state index < -0.39 is 0 Å². The highest BCUT2D eigenvalue weighted by atomic mass is 16.2. The molecule has 0 spiro atoms. The van der Waals surface area contributed by atoms with Crippen LogP contribution in [0.3, 0.4) is 0 Å². The van der Waals surface area contributed by atoms with E-state index in [2.05, 4.69) is 12.2 Å². The van der Waals surface area contributed by atoms with E-state index in [9.17, 15) is 4.79 Å². The van der Waals surface area contributed by atoms with Crippen LogP contribution in [0.4, 0.5) is 4.79 Å². The van der Waals surface area contributed by atoms with E-state index >= 15 is 0 Å². The normalized spacial score (nSPS) is 30.3. The molecule has 0 aromatic carbocycles. The van der Waals surface area contributed by atoms with Crippen LogP contribution in [0.25, 0.3) is 0 Å². The van der Waals surface area contributed by atoms with Crippen molar-refractivity contribution < 1.29 is 4.79 Å². The number of hydrogen-bond donors (Lipinski definition) is 1. The fourth-order valence-electron chi connectivity index (χ4n) is 2.45. The van der Waals surface area contributed by atoms with Crippen LogP contribution in [-0.2, 0) is 0 Å². The molecule has 3 nitrogen and oxygen atoms in total. The van der Waals surface area contributed by atoms with E-state index in [-0.39, 0.29) is 6.03 Å². The molecule has 0 heterocycles. The van der Waals surface area contributed by atoms with Gasteiger partial charge in [-0.2, -0.15) is 0 Å². The number of carbonyl (C=O) groups is 1. The predicted molar refractivity (Wildman–Crippen MR) is 60.7 cm³/mol. The Kier molecular flexibility index (Phi) is 3.17. The van der Waals surface area contributed by atoms with E-state index in [0.717, 1.165) is 31.2 Å². The maximum absolute atomic E-state index is 11.7. The number of hydrogen-bond acceptors (Lipinski definition) is 1. The Morgan fingerprint density at radius 3 is 2.53 bits per heavy atom. The summed E-state index contributed by atoms with van der Waals surface area (Å²) in [6, 6.07) is 0.565. The second kappa shape index (κ2) is 4.42. The van der Waals surface area contributed by atoms with Crippen LogP contribution in [-0.4, -0.2) is 30.6 Å². The number of rotatable bonds is 3. The van der Waals surface area contributed by atoms with Crippen LogP contribution in [0, 0.1) is 11.8 Å². The summed E-state index contributed by atoms with van der Waals surface area (Å²) in [4.78, 5) is 13.6. The largest absolute Gasteiger partial charge is 0.335 e. The average molecular weight is 210 g/mol. The minimum absolute atomic E-state index is 0.124. The van der Waals surface area contributed by atoms with Crippen molar-refractivity contribution in [3.63, 3.8) is 0 Å². The first-order valence-corrected chi connectivity index (χ1v) is 6.16. The van der Waals surface area contributed by atoms with Crippen molar-refractivity contribution in [3.05, 3.63) is 0 Å². The molecule has 0 aliphatic heterocycles. The molecular weight excluding hydrogens is 188 g/mol. The Morgan fingerprint density at radius 1 is 1.40 bits per heavy atom. The van der Waals surface area contributed by atoms with Gasteiger partial charge in [0, 0.05) is 19.6 Å². The second-order valence-corrected chi connectivity index (χ2v) is 5.40. The summed E-state index contributed by atoms with van der Waals surface area (Å²) in [5, 5.41) is 3.09. The van der Waals surface area contributed by atoms with Crippen LogP contribution in [0.15, 0.2) is 0 Å². The molecule has 2 fully saturated rings. The maximum Gasteiger partial charge on any atom is 0.317 e. The molecule has 2 rings (SSSR count). The Bertz CT molecular complexity index is 232. The highest BCUT2D eigenvalue weighted by molar-refractivity contribution is 5.74. The van der Waals surface area contributed by atoms with Gasteiger partial charge in [0.1, 0.15) is 0 Å². The lowest BCUT2D eigenvalue weighted by molar-refractivity contribution is 0.165. The summed E-state index contributed by atoms with van der Waals surface area (Å²) in [6.45, 7) is 3.18. The minimum Gasteiger partial charge on any atom is -0.335 e. The Hall–Kier alpha value is -0.730. The van der Waals surface area contributed by atoms with Gasteiger partial charge in [0.05, 0.1) is 0 Å². The van der Waals surface area contributed by atoms with Crippen molar-refractivity contribution in [2.24, 2.45) is 11.8 Å². The topological polar surface area (TPSA) is 32.3 Å². The van der Waals surface area contributed by atoms with Crippen molar-refractivity contribution in [1.82, 2.24) is 10.2 Å². The van der Waals surface area contributed by atoms with Crippen molar-refractivity contribution in [3.8, 4) is 0 Å². The molecule has 1 N–H and O–H groups in total. The van der Waals surface area contributed by atoms with Crippen LogP contribution in [0.5, 0.6) is 0 Å². The molecule has 0 saturated heterocycles. The molecule has 86 valence electrons. The zero-order valence-corrected chi connectivity index (χ0v) is 9.83. The average Bonchev–Trinajstić information content (AvgIpc) is 2.08. The molecule has 2 saturated carbocycles. The lowest BCUT2D eigenvalue weighted by atomic mass is 9.82. The van der Waals surface area contributed by atoms with E-state index in [0.29, 0.717) is 6.04 Å². The van der Waals surface area contributed by atoms with Crippen LogP contribution >= 0.6 is 0 Å². The lowest BCUT2D eigenvalue weighted by Gasteiger charge is -2.36. The minimum atomic E-state index is 0.124. The molecule has 15 heavy (non-hydrogen) atoms. The highest BCUT2D eigenvalue weighted by Gasteiger charge is 2.28. The fraction of sp³-hybridized carbons (Fsp3) is 0.917. The highest BCUT2D eigenvalue weighted by Crippen LogP contribution is 2.28. The lowest BCUT2D eigenvalue weighted by Crippen LogP contribution is -2.49. The molecule has 0 bridgehead atoms. The van der Waals surface area contributed by atoms with Crippen molar-refractivity contribution in [1.29, 1.82) is 0 Å². The third-order valence-electron chi connectivity index (χ3n) is 3.80. The third kappa shape index (κ3) is 2.64. The Balaban J connectivity index is 1.65. The van der Waals surface area contributed by atoms with Gasteiger partial charge in [-0.3, -0.25) is 0 Å². The Morgan fingerprint density at radius 2 is 2.07 bits per heavy atom. The molecule has 3 heteroatoms. The van der Waals surface area contributed by atoms with Crippen LogP contribution in [0.2, 0.25) is 0 Å². The zero-order chi connectivity index (χ0) is 10.8. The van der Waals surface area contributed by atoms with Gasteiger partial charge in [-0.15, -0.1) is 0 Å². The van der Waals surface area contributed by atoms with Gasteiger partial charge in [-0.05, 0) is 37.5 Å². The number of nitrogens with zero attached hydrogens (tertiary/aromatic N) is 1. The summed E-state index contributed by atoms with van der Waals surface area (Å²) < 4.78 is 0. The monoisotopic (exact) mass is 210 g/mol. The molecular formula is C12H22N2O. The van der Waals surface area contributed by atoms with Gasteiger partial charge in [0.15, 0.2) is 0 Å². The molecule has 0 unspecified atom stereocenters. The standard InChI is InChI=1S/C12H22N2O/c1-9-6-11(7-9)13-12(15)14(2)8-10-4-3-5-10/h9-11H,3-8H2,1-2H3,(H,13,15). The summed E-state index contributed by atoms with van der Waals surface area (Å²) in [5.41, 5.74) is 0. The van der Waals surface area contributed by atoms with E-state index in [1.807, 2.05) is 11.9 Å². The second-order valence-electron chi connectivity index (χ2n) is 5.40. The molecule has 0 aromatic rings. The molecule has 0 radical (unpaired) electrons. The van der Waals surface area contributed by atoms with Crippen molar-refractivity contribution >= 4 is 6.03 Å². The van der Waals surface area contributed by atoms with Gasteiger partial charge in [-0.25, -0.2) is 4.79 Å². The first kappa shape index (κ1) is 10.8. The maximum atomic E-state index is 11.7. The van der Waals surface area contributed by atoms with Gasteiger partial charge in [0.25, 0.3) is 0 Å². The number of nitrogens with one attached hydrogen (secondary N) is 1. The molecule has 2 aliphatic carbocycles. The van der Waals surface area contributed by atoms with Crippen molar-refractivity contribution in [2.45, 2.75) is 45.1 Å². The first-order valence-electron chi connectivity index (χ1n) is 6.16. The molecule has 2 amide bonds. The number of amides is 2. The van der Waals surface area contributed by atoms with Gasteiger partial charge in [0.2, 0.25) is 0 Å². The van der Waals surface area contributed by atoms with E-state index in [1.54, 1.807) is 0 Å². The van der Waals surface area contributed by atoms with Gasteiger partial charge >= 0.3 is 6.03 Å². The van der Waals surface area contributed by atoms with Crippen molar-refractivity contribution in [2.75, 3.05) is 13.6 Å². The number of urea groups is 1. The summed E-state index contributed by atoms with van der Waals surface area (Å²) in [6.07, 6.45) is 6.27. The first-order chi connectivity index (χ1) is 7.15. The van der Waals surface area contributed by atoms with Crippen LogP contribution < -0.4 is 5.32 Å². The van der Waals surface area contributed by atoms with E-state index in [4.69, 9.17) is 0 Å². The predicted octanol–water partition coefficient (Wildman–Crippen LogP) is 2.23. The fourth-order valence-corrected chi connectivity index (χ4v) is 2.45. The molecule has 0 aromatic heterocycles. The Labute approximate surface area is 92.2 Å². The van der Waals surface area contributed by atoms with Gasteiger partial charge < -0.3 is 10.2 Å². The summed E-state index contributed by atoms with van der Waals surface area (Å²) in [7, 11) is 1.91. The number of carbonyl (C=O) groups excluding carboxylic acids is 1. The van der Waals surface area contributed by atoms with Gasteiger partial charge in [-0.1, -0.05) is 13.3 Å². The van der Waals surface area contributed by atoms with Crippen LogP contribution in [0.1, 0.15) is 39.0 Å².